The average molecular weight is 233 g/mol. The van der Waals surface area contributed by atoms with E-state index in [0.29, 0.717) is 5.88 Å². The van der Waals surface area contributed by atoms with Crippen molar-refractivity contribution < 1.29 is 4.74 Å². The number of hydrogen-bond acceptors (Lipinski definition) is 1. The van der Waals surface area contributed by atoms with E-state index in [9.17, 15) is 0 Å². The van der Waals surface area contributed by atoms with E-state index in [2.05, 4.69) is 6.92 Å². The summed E-state index contributed by atoms with van der Waals surface area (Å²) in [6, 6.07) is 15.8. The van der Waals surface area contributed by atoms with E-state index in [4.69, 9.17) is 16.3 Å². The second kappa shape index (κ2) is 5.04. The van der Waals surface area contributed by atoms with Crippen LogP contribution in [0.25, 0.3) is 0 Å². The number of aryl methyl sites for hydroxylation is 1. The van der Waals surface area contributed by atoms with Crippen molar-refractivity contribution >= 4 is 11.6 Å². The van der Waals surface area contributed by atoms with E-state index in [1.807, 2.05) is 48.5 Å². The van der Waals surface area contributed by atoms with Gasteiger partial charge in [-0.3, -0.25) is 0 Å². The fraction of sp³-hybridized carbons (Fsp3) is 0.143. The summed E-state index contributed by atoms with van der Waals surface area (Å²) in [6.07, 6.45) is 0. The highest BCUT2D eigenvalue weighted by Crippen LogP contribution is 2.26. The van der Waals surface area contributed by atoms with E-state index in [-0.39, 0.29) is 0 Å². The molecule has 0 aliphatic heterocycles. The average Bonchev–Trinajstić information content (AvgIpc) is 2.33. The number of halogens is 1. The molecule has 0 saturated carbocycles. The smallest absolute Gasteiger partial charge is 0.131 e. The molecule has 0 spiro atoms. The molecule has 2 aromatic carbocycles. The van der Waals surface area contributed by atoms with Gasteiger partial charge in [-0.2, -0.15) is 0 Å². The van der Waals surface area contributed by atoms with Crippen LogP contribution in [0.3, 0.4) is 0 Å². The summed E-state index contributed by atoms with van der Waals surface area (Å²) in [5.41, 5.74) is 2.22. The van der Waals surface area contributed by atoms with Gasteiger partial charge in [0, 0.05) is 5.56 Å². The Kier molecular flexibility index (Phi) is 3.47. The van der Waals surface area contributed by atoms with Crippen molar-refractivity contribution in [2.75, 3.05) is 0 Å². The minimum absolute atomic E-state index is 0.460. The molecule has 2 rings (SSSR count). The van der Waals surface area contributed by atoms with Crippen LogP contribution in [0.2, 0.25) is 0 Å². The number of rotatable bonds is 3. The van der Waals surface area contributed by atoms with Gasteiger partial charge in [-0.15, -0.1) is 11.6 Å². The maximum Gasteiger partial charge on any atom is 0.131 e. The van der Waals surface area contributed by atoms with E-state index < -0.39 is 0 Å². The zero-order valence-corrected chi connectivity index (χ0v) is 9.87. The fourth-order valence-corrected chi connectivity index (χ4v) is 1.67. The molecular weight excluding hydrogens is 220 g/mol. The Hall–Kier alpha value is -1.47. The highest BCUT2D eigenvalue weighted by Gasteiger charge is 2.02. The van der Waals surface area contributed by atoms with Gasteiger partial charge in [0.2, 0.25) is 0 Å². The van der Waals surface area contributed by atoms with Crippen LogP contribution in [0.4, 0.5) is 0 Å². The second-order valence-corrected chi connectivity index (χ2v) is 3.92. The van der Waals surface area contributed by atoms with Crippen molar-refractivity contribution in [2.45, 2.75) is 12.8 Å². The summed E-state index contributed by atoms with van der Waals surface area (Å²) in [4.78, 5) is 0. The molecule has 0 N–H and O–H groups in total. The molecule has 2 aromatic rings. The first-order valence-corrected chi connectivity index (χ1v) is 5.71. The highest BCUT2D eigenvalue weighted by molar-refractivity contribution is 6.17. The molecule has 0 radical (unpaired) electrons. The number of ether oxygens (including phenoxy) is 1. The number of hydrogen-bond donors (Lipinski definition) is 0. The quantitative estimate of drug-likeness (QED) is 0.707. The minimum atomic E-state index is 0.460. The molecule has 0 heterocycles. The number of para-hydroxylation sites is 1. The van der Waals surface area contributed by atoms with Gasteiger partial charge < -0.3 is 4.74 Å². The standard InChI is InChI=1S/C14H13ClO/c1-11-6-8-13(9-7-11)16-14-5-3-2-4-12(14)10-15/h2-9H,10H2,1H3. The van der Waals surface area contributed by atoms with Gasteiger partial charge in [-0.05, 0) is 25.1 Å². The predicted octanol–water partition coefficient (Wildman–Crippen LogP) is 4.53. The van der Waals surface area contributed by atoms with Crippen molar-refractivity contribution in [3.63, 3.8) is 0 Å². The SMILES string of the molecule is Cc1ccc(Oc2ccccc2CCl)cc1. The summed E-state index contributed by atoms with van der Waals surface area (Å²) in [7, 11) is 0. The second-order valence-electron chi connectivity index (χ2n) is 3.66. The molecule has 0 aliphatic rings. The van der Waals surface area contributed by atoms with E-state index in [1.165, 1.54) is 5.56 Å². The van der Waals surface area contributed by atoms with E-state index in [0.717, 1.165) is 17.1 Å². The van der Waals surface area contributed by atoms with Gasteiger partial charge in [-0.1, -0.05) is 35.9 Å². The highest BCUT2D eigenvalue weighted by atomic mass is 35.5. The summed E-state index contributed by atoms with van der Waals surface area (Å²) >= 11 is 5.84. The third-order valence-electron chi connectivity index (χ3n) is 2.37. The first-order valence-electron chi connectivity index (χ1n) is 5.18. The van der Waals surface area contributed by atoms with Gasteiger partial charge >= 0.3 is 0 Å². The topological polar surface area (TPSA) is 9.23 Å². The van der Waals surface area contributed by atoms with Crippen molar-refractivity contribution in [3.05, 3.63) is 59.7 Å². The normalized spacial score (nSPS) is 10.1. The van der Waals surface area contributed by atoms with Gasteiger partial charge in [0.15, 0.2) is 0 Å². The lowest BCUT2D eigenvalue weighted by Gasteiger charge is -2.09. The first-order chi connectivity index (χ1) is 7.79. The monoisotopic (exact) mass is 232 g/mol. The number of benzene rings is 2. The van der Waals surface area contributed by atoms with Crippen LogP contribution >= 0.6 is 11.6 Å². The lowest BCUT2D eigenvalue weighted by Crippen LogP contribution is -1.88. The third kappa shape index (κ3) is 2.56. The fourth-order valence-electron chi connectivity index (χ4n) is 1.45. The maximum absolute atomic E-state index is 5.84. The molecule has 0 fully saturated rings. The van der Waals surface area contributed by atoms with E-state index >= 15 is 0 Å². The van der Waals surface area contributed by atoms with Crippen LogP contribution in [0.5, 0.6) is 11.5 Å². The van der Waals surface area contributed by atoms with E-state index in [1.54, 1.807) is 0 Å². The number of alkyl halides is 1. The molecule has 0 atom stereocenters. The van der Waals surface area contributed by atoms with Crippen molar-refractivity contribution in [3.8, 4) is 11.5 Å². The Morgan fingerprint density at radius 3 is 2.38 bits per heavy atom. The molecule has 0 saturated heterocycles. The summed E-state index contributed by atoms with van der Waals surface area (Å²) in [5, 5.41) is 0. The van der Waals surface area contributed by atoms with Gasteiger partial charge in [0.05, 0.1) is 5.88 Å². The third-order valence-corrected chi connectivity index (χ3v) is 2.65. The lowest BCUT2D eigenvalue weighted by molar-refractivity contribution is 0.478. The van der Waals surface area contributed by atoms with Gasteiger partial charge in [-0.25, -0.2) is 0 Å². The molecule has 0 aromatic heterocycles. The molecule has 1 nitrogen and oxygen atoms in total. The Morgan fingerprint density at radius 1 is 1.00 bits per heavy atom. The maximum atomic E-state index is 5.84. The van der Waals surface area contributed by atoms with Crippen molar-refractivity contribution in [1.29, 1.82) is 0 Å². The van der Waals surface area contributed by atoms with Crippen molar-refractivity contribution in [2.24, 2.45) is 0 Å². The Morgan fingerprint density at radius 2 is 1.69 bits per heavy atom. The van der Waals surface area contributed by atoms with Gasteiger partial charge in [0.25, 0.3) is 0 Å². The molecule has 0 amide bonds. The minimum Gasteiger partial charge on any atom is -0.457 e. The van der Waals surface area contributed by atoms with Crippen LogP contribution in [0.1, 0.15) is 11.1 Å². The van der Waals surface area contributed by atoms with Crippen LogP contribution < -0.4 is 4.74 Å². The lowest BCUT2D eigenvalue weighted by atomic mass is 10.2. The molecule has 82 valence electrons. The summed E-state index contributed by atoms with van der Waals surface area (Å²) in [5.74, 6) is 2.12. The Bertz CT molecular complexity index is 462. The molecule has 0 unspecified atom stereocenters. The summed E-state index contributed by atoms with van der Waals surface area (Å²) in [6.45, 7) is 2.05. The molecular formula is C14H13ClO. The predicted molar refractivity (Wildman–Crippen MR) is 67.3 cm³/mol. The first kappa shape index (κ1) is 11.0. The van der Waals surface area contributed by atoms with Crippen LogP contribution in [0, 0.1) is 6.92 Å². The zero-order valence-electron chi connectivity index (χ0n) is 9.11. The Labute approximate surface area is 101 Å². The molecule has 2 heteroatoms. The largest absolute Gasteiger partial charge is 0.457 e. The molecule has 0 bridgehead atoms. The van der Waals surface area contributed by atoms with Gasteiger partial charge in [0.1, 0.15) is 11.5 Å². The molecule has 16 heavy (non-hydrogen) atoms. The Balaban J connectivity index is 2.23. The summed E-state index contributed by atoms with van der Waals surface area (Å²) < 4.78 is 5.77. The van der Waals surface area contributed by atoms with Crippen LogP contribution in [-0.4, -0.2) is 0 Å². The van der Waals surface area contributed by atoms with Crippen LogP contribution in [-0.2, 0) is 5.88 Å². The molecule has 0 aliphatic carbocycles. The zero-order chi connectivity index (χ0) is 11.4. The van der Waals surface area contributed by atoms with Crippen molar-refractivity contribution in [1.82, 2.24) is 0 Å². The van der Waals surface area contributed by atoms with Crippen LogP contribution in [0.15, 0.2) is 48.5 Å².